The van der Waals surface area contributed by atoms with Crippen molar-refractivity contribution in [1.29, 1.82) is 0 Å². The van der Waals surface area contributed by atoms with Crippen molar-refractivity contribution in [2.24, 2.45) is 0 Å². The van der Waals surface area contributed by atoms with Crippen LogP contribution in [0.5, 0.6) is 0 Å². The van der Waals surface area contributed by atoms with Crippen molar-refractivity contribution in [3.05, 3.63) is 0 Å². The third-order valence-electron chi connectivity index (χ3n) is 4.28. The molecule has 0 spiro atoms. The van der Waals surface area contributed by atoms with E-state index in [4.69, 9.17) is 0 Å². The molecule has 2 fully saturated rings. The largest absolute Gasteiger partial charge is 0.314 e. The zero-order valence-electron chi connectivity index (χ0n) is 12.0. The molecule has 0 saturated carbocycles. The molecule has 3 atom stereocenters. The lowest BCUT2D eigenvalue weighted by atomic mass is 10.0. The van der Waals surface area contributed by atoms with Crippen LogP contribution in [0.15, 0.2) is 0 Å². The van der Waals surface area contributed by atoms with Crippen molar-refractivity contribution in [3.8, 4) is 0 Å². The van der Waals surface area contributed by atoms with Crippen LogP contribution in [0, 0.1) is 0 Å². The molecule has 0 amide bonds. The van der Waals surface area contributed by atoms with Gasteiger partial charge in [0.2, 0.25) is 0 Å². The number of nitrogens with one attached hydrogen (secondary N) is 2. The van der Waals surface area contributed by atoms with E-state index < -0.39 is 9.84 Å². The Balaban J connectivity index is 1.75. The standard InChI is InChI=1S/C14H28N2O2S/c1-12(10-13-6-3-2-4-8-15-13)16-14-7-5-9-19(17,18)11-14/h12-16H,2-11H2,1H3. The number of sulfone groups is 1. The summed E-state index contributed by atoms with van der Waals surface area (Å²) >= 11 is 0. The highest BCUT2D eigenvalue weighted by atomic mass is 32.2. The Bertz CT molecular complexity index is 362. The molecule has 2 rings (SSSR count). The predicted octanol–water partition coefficient (Wildman–Crippen LogP) is 1.46. The Hall–Kier alpha value is -0.130. The van der Waals surface area contributed by atoms with Crippen molar-refractivity contribution < 1.29 is 8.42 Å². The molecule has 5 heteroatoms. The van der Waals surface area contributed by atoms with Gasteiger partial charge in [0.15, 0.2) is 9.84 Å². The second-order valence-corrected chi connectivity index (χ2v) is 8.49. The first kappa shape index (κ1) is 15.3. The van der Waals surface area contributed by atoms with Crippen LogP contribution in [0.2, 0.25) is 0 Å². The Labute approximate surface area is 117 Å². The summed E-state index contributed by atoms with van der Waals surface area (Å²) in [5.41, 5.74) is 0. The average molecular weight is 288 g/mol. The quantitative estimate of drug-likeness (QED) is 0.822. The number of hydrogen-bond acceptors (Lipinski definition) is 4. The molecule has 4 nitrogen and oxygen atoms in total. The maximum Gasteiger partial charge on any atom is 0.151 e. The number of rotatable bonds is 4. The summed E-state index contributed by atoms with van der Waals surface area (Å²) < 4.78 is 23.3. The van der Waals surface area contributed by atoms with Crippen molar-refractivity contribution >= 4 is 9.84 Å². The molecule has 2 saturated heterocycles. The van der Waals surface area contributed by atoms with Crippen molar-refractivity contribution in [1.82, 2.24) is 10.6 Å². The van der Waals surface area contributed by atoms with E-state index in [9.17, 15) is 8.42 Å². The van der Waals surface area contributed by atoms with Crippen LogP contribution in [0.4, 0.5) is 0 Å². The molecule has 0 bridgehead atoms. The van der Waals surface area contributed by atoms with Gasteiger partial charge in [-0.05, 0) is 45.6 Å². The van der Waals surface area contributed by atoms with Gasteiger partial charge in [0.1, 0.15) is 0 Å². The zero-order chi connectivity index (χ0) is 13.7. The van der Waals surface area contributed by atoms with Gasteiger partial charge in [-0.3, -0.25) is 0 Å². The van der Waals surface area contributed by atoms with Gasteiger partial charge >= 0.3 is 0 Å². The Kier molecular flexibility index (Phi) is 5.66. The van der Waals surface area contributed by atoms with E-state index >= 15 is 0 Å². The van der Waals surface area contributed by atoms with E-state index in [2.05, 4.69) is 17.6 Å². The summed E-state index contributed by atoms with van der Waals surface area (Å²) in [4.78, 5) is 0. The first-order valence-corrected chi connectivity index (χ1v) is 9.57. The first-order valence-electron chi connectivity index (χ1n) is 7.75. The predicted molar refractivity (Wildman–Crippen MR) is 79.1 cm³/mol. The first-order chi connectivity index (χ1) is 9.05. The SMILES string of the molecule is CC(CC1CCCCCN1)NC1CCCS(=O)(=O)C1. The zero-order valence-corrected chi connectivity index (χ0v) is 12.8. The van der Waals surface area contributed by atoms with Gasteiger partial charge in [-0.15, -0.1) is 0 Å². The summed E-state index contributed by atoms with van der Waals surface area (Å²) in [6.07, 6.45) is 8.13. The van der Waals surface area contributed by atoms with Crippen molar-refractivity contribution in [2.45, 2.75) is 70.0 Å². The van der Waals surface area contributed by atoms with E-state index in [1.807, 2.05) is 0 Å². The van der Waals surface area contributed by atoms with Crippen LogP contribution in [-0.4, -0.2) is 44.6 Å². The molecular formula is C14H28N2O2S. The Morgan fingerprint density at radius 3 is 2.84 bits per heavy atom. The fourth-order valence-corrected chi connectivity index (χ4v) is 5.00. The fraction of sp³-hybridized carbons (Fsp3) is 1.00. The highest BCUT2D eigenvalue weighted by molar-refractivity contribution is 7.91. The Morgan fingerprint density at radius 1 is 1.21 bits per heavy atom. The maximum atomic E-state index is 11.6. The minimum Gasteiger partial charge on any atom is -0.314 e. The molecule has 0 aromatic rings. The van der Waals surface area contributed by atoms with Gasteiger partial charge in [-0.2, -0.15) is 0 Å². The number of hydrogen-bond donors (Lipinski definition) is 2. The molecule has 2 aliphatic rings. The normalized spacial score (nSPS) is 33.5. The molecule has 3 unspecified atom stereocenters. The molecule has 0 aromatic heterocycles. The minimum atomic E-state index is -2.79. The molecular weight excluding hydrogens is 260 g/mol. The van der Waals surface area contributed by atoms with Crippen molar-refractivity contribution in [3.63, 3.8) is 0 Å². The molecule has 0 aromatic carbocycles. The molecule has 2 heterocycles. The lowest BCUT2D eigenvalue weighted by Gasteiger charge is -2.28. The van der Waals surface area contributed by atoms with Gasteiger partial charge in [-0.1, -0.05) is 12.8 Å². The summed E-state index contributed by atoms with van der Waals surface area (Å²) in [7, 11) is -2.79. The van der Waals surface area contributed by atoms with Crippen LogP contribution in [0.3, 0.4) is 0 Å². The second-order valence-electron chi connectivity index (χ2n) is 6.26. The third kappa shape index (κ3) is 5.40. The lowest BCUT2D eigenvalue weighted by Crippen LogP contribution is -2.46. The van der Waals surface area contributed by atoms with Crippen LogP contribution in [0.25, 0.3) is 0 Å². The van der Waals surface area contributed by atoms with E-state index in [1.165, 1.54) is 25.7 Å². The molecule has 2 N–H and O–H groups in total. The van der Waals surface area contributed by atoms with E-state index in [-0.39, 0.29) is 6.04 Å². The van der Waals surface area contributed by atoms with Crippen LogP contribution < -0.4 is 10.6 Å². The lowest BCUT2D eigenvalue weighted by molar-refractivity contribution is 0.365. The second kappa shape index (κ2) is 7.04. The van der Waals surface area contributed by atoms with Gasteiger partial charge in [0, 0.05) is 18.1 Å². The average Bonchev–Trinajstić information content (AvgIpc) is 2.56. The van der Waals surface area contributed by atoms with Gasteiger partial charge in [-0.25, -0.2) is 8.42 Å². The summed E-state index contributed by atoms with van der Waals surface area (Å²) in [5, 5.41) is 7.13. The highest BCUT2D eigenvalue weighted by Gasteiger charge is 2.26. The molecule has 0 aliphatic carbocycles. The molecule has 19 heavy (non-hydrogen) atoms. The topological polar surface area (TPSA) is 58.2 Å². The van der Waals surface area contributed by atoms with Crippen molar-refractivity contribution in [2.75, 3.05) is 18.1 Å². The van der Waals surface area contributed by atoms with Gasteiger partial charge in [0.25, 0.3) is 0 Å². The third-order valence-corrected chi connectivity index (χ3v) is 6.10. The Morgan fingerprint density at radius 2 is 2.05 bits per heavy atom. The van der Waals surface area contributed by atoms with Gasteiger partial charge < -0.3 is 10.6 Å². The van der Waals surface area contributed by atoms with Crippen LogP contribution in [-0.2, 0) is 9.84 Å². The smallest absolute Gasteiger partial charge is 0.151 e. The van der Waals surface area contributed by atoms with E-state index in [0.29, 0.717) is 23.6 Å². The van der Waals surface area contributed by atoms with E-state index in [0.717, 1.165) is 25.8 Å². The molecule has 112 valence electrons. The molecule has 2 aliphatic heterocycles. The summed E-state index contributed by atoms with van der Waals surface area (Å²) in [6, 6.07) is 1.17. The van der Waals surface area contributed by atoms with E-state index in [1.54, 1.807) is 0 Å². The monoisotopic (exact) mass is 288 g/mol. The minimum absolute atomic E-state index is 0.166. The fourth-order valence-electron chi connectivity index (χ4n) is 3.35. The van der Waals surface area contributed by atoms with Crippen LogP contribution >= 0.6 is 0 Å². The van der Waals surface area contributed by atoms with Gasteiger partial charge in [0.05, 0.1) is 11.5 Å². The highest BCUT2D eigenvalue weighted by Crippen LogP contribution is 2.16. The molecule has 0 radical (unpaired) electrons. The van der Waals surface area contributed by atoms with Crippen LogP contribution in [0.1, 0.15) is 51.9 Å². The summed E-state index contributed by atoms with van der Waals surface area (Å²) in [5.74, 6) is 0.708. The summed E-state index contributed by atoms with van der Waals surface area (Å²) in [6.45, 7) is 3.32. The maximum absolute atomic E-state index is 11.6.